The van der Waals surface area contributed by atoms with Crippen LogP contribution < -0.4 is 10.1 Å². The Kier molecular flexibility index (Phi) is 6.93. The smallest absolute Gasteiger partial charge is 0.260 e. The normalized spacial score (nSPS) is 14.8. The SMILES string of the molecule is CCCNc1cc(-c2ccc(OCC(=O)N3CCN(C)CC3)cc2)ccc1C. The Hall–Kier alpha value is -2.53. The van der Waals surface area contributed by atoms with Crippen molar-refractivity contribution in [1.82, 2.24) is 9.80 Å². The van der Waals surface area contributed by atoms with Crippen LogP contribution in [-0.4, -0.2) is 62.1 Å². The number of nitrogens with zero attached hydrogens (tertiary/aromatic N) is 2. The van der Waals surface area contributed by atoms with Crippen molar-refractivity contribution in [3.8, 4) is 16.9 Å². The molecule has 1 N–H and O–H groups in total. The van der Waals surface area contributed by atoms with Crippen LogP contribution in [0.25, 0.3) is 11.1 Å². The lowest BCUT2D eigenvalue weighted by Gasteiger charge is -2.32. The molecule has 0 saturated carbocycles. The lowest BCUT2D eigenvalue weighted by Crippen LogP contribution is -2.48. The topological polar surface area (TPSA) is 44.8 Å². The second-order valence-electron chi connectivity index (χ2n) is 7.45. The Morgan fingerprint density at radius 1 is 1.04 bits per heavy atom. The van der Waals surface area contributed by atoms with Crippen molar-refractivity contribution < 1.29 is 9.53 Å². The van der Waals surface area contributed by atoms with Crippen LogP contribution in [0.15, 0.2) is 42.5 Å². The summed E-state index contributed by atoms with van der Waals surface area (Å²) in [5.41, 5.74) is 4.73. The third kappa shape index (κ3) is 5.26. The van der Waals surface area contributed by atoms with Gasteiger partial charge >= 0.3 is 0 Å². The van der Waals surface area contributed by atoms with E-state index in [-0.39, 0.29) is 12.5 Å². The van der Waals surface area contributed by atoms with E-state index in [1.165, 1.54) is 16.8 Å². The zero-order valence-corrected chi connectivity index (χ0v) is 17.2. The van der Waals surface area contributed by atoms with E-state index in [9.17, 15) is 4.79 Å². The Balaban J connectivity index is 1.58. The number of ether oxygens (including phenoxy) is 1. The van der Waals surface area contributed by atoms with Crippen LogP contribution >= 0.6 is 0 Å². The third-order valence-corrected chi connectivity index (χ3v) is 5.21. The molecule has 1 amide bonds. The van der Waals surface area contributed by atoms with Gasteiger partial charge in [-0.3, -0.25) is 4.79 Å². The average molecular weight is 382 g/mol. The summed E-state index contributed by atoms with van der Waals surface area (Å²) in [7, 11) is 2.08. The number of rotatable bonds is 7. The number of amides is 1. The van der Waals surface area contributed by atoms with E-state index in [1.807, 2.05) is 29.2 Å². The van der Waals surface area contributed by atoms with E-state index in [2.05, 4.69) is 49.3 Å². The first-order valence-corrected chi connectivity index (χ1v) is 10.1. The van der Waals surface area contributed by atoms with E-state index in [0.29, 0.717) is 0 Å². The Morgan fingerprint density at radius 2 is 1.71 bits per heavy atom. The summed E-state index contributed by atoms with van der Waals surface area (Å²) in [6.07, 6.45) is 1.10. The minimum absolute atomic E-state index is 0.0577. The minimum atomic E-state index is 0.0577. The number of hydrogen-bond donors (Lipinski definition) is 1. The van der Waals surface area contributed by atoms with Crippen LogP contribution in [-0.2, 0) is 4.79 Å². The summed E-state index contributed by atoms with van der Waals surface area (Å²) in [6, 6.07) is 14.4. The molecule has 0 spiro atoms. The van der Waals surface area contributed by atoms with Gasteiger partial charge in [-0.2, -0.15) is 0 Å². The van der Waals surface area contributed by atoms with E-state index >= 15 is 0 Å². The molecule has 0 aliphatic carbocycles. The number of aryl methyl sites for hydroxylation is 1. The predicted octanol–water partition coefficient (Wildman–Crippen LogP) is 3.64. The predicted molar refractivity (Wildman–Crippen MR) is 115 cm³/mol. The number of hydrogen-bond acceptors (Lipinski definition) is 4. The fraction of sp³-hybridized carbons (Fsp3) is 0.435. The van der Waals surface area contributed by atoms with Crippen LogP contribution in [0.5, 0.6) is 5.75 Å². The second-order valence-corrected chi connectivity index (χ2v) is 7.45. The molecule has 5 nitrogen and oxygen atoms in total. The molecule has 0 radical (unpaired) electrons. The molecule has 1 aliphatic heterocycles. The van der Waals surface area contributed by atoms with Crippen molar-refractivity contribution in [1.29, 1.82) is 0 Å². The number of anilines is 1. The average Bonchev–Trinajstić information content (AvgIpc) is 2.72. The lowest BCUT2D eigenvalue weighted by molar-refractivity contribution is -0.134. The molecule has 0 aromatic heterocycles. The minimum Gasteiger partial charge on any atom is -0.484 e. The lowest BCUT2D eigenvalue weighted by atomic mass is 10.0. The highest BCUT2D eigenvalue weighted by atomic mass is 16.5. The van der Waals surface area contributed by atoms with Gasteiger partial charge in [-0.05, 0) is 55.3 Å². The van der Waals surface area contributed by atoms with Gasteiger partial charge in [0.05, 0.1) is 0 Å². The summed E-state index contributed by atoms with van der Waals surface area (Å²) in [4.78, 5) is 16.4. The van der Waals surface area contributed by atoms with Crippen LogP contribution in [0.2, 0.25) is 0 Å². The van der Waals surface area contributed by atoms with Crippen molar-refractivity contribution in [3.05, 3.63) is 48.0 Å². The summed E-state index contributed by atoms with van der Waals surface area (Å²) < 4.78 is 5.72. The number of carbonyl (C=O) groups excluding carboxylic acids is 1. The quantitative estimate of drug-likeness (QED) is 0.795. The number of nitrogens with one attached hydrogen (secondary N) is 1. The van der Waals surface area contributed by atoms with Gasteiger partial charge in [-0.1, -0.05) is 31.2 Å². The van der Waals surface area contributed by atoms with Crippen molar-refractivity contribution in [2.75, 3.05) is 51.7 Å². The molecule has 1 aliphatic rings. The fourth-order valence-corrected chi connectivity index (χ4v) is 3.29. The second kappa shape index (κ2) is 9.60. The first-order chi connectivity index (χ1) is 13.6. The summed E-state index contributed by atoms with van der Waals surface area (Å²) in [5.74, 6) is 0.782. The van der Waals surface area contributed by atoms with Gasteiger partial charge < -0.3 is 19.9 Å². The zero-order valence-electron chi connectivity index (χ0n) is 17.2. The van der Waals surface area contributed by atoms with E-state index in [1.54, 1.807) is 0 Å². The van der Waals surface area contributed by atoms with Gasteiger partial charge in [0.25, 0.3) is 5.91 Å². The highest BCUT2D eigenvalue weighted by Gasteiger charge is 2.19. The highest BCUT2D eigenvalue weighted by Crippen LogP contribution is 2.27. The number of likely N-dealkylation sites (N-methyl/N-ethyl adjacent to an activating group) is 1. The molecule has 2 aromatic carbocycles. The Bertz CT molecular complexity index is 781. The van der Waals surface area contributed by atoms with Gasteiger partial charge in [0.15, 0.2) is 6.61 Å². The monoisotopic (exact) mass is 381 g/mol. The summed E-state index contributed by atoms with van der Waals surface area (Å²) in [5, 5.41) is 3.48. The molecule has 1 heterocycles. The highest BCUT2D eigenvalue weighted by molar-refractivity contribution is 5.78. The Labute approximate surface area is 168 Å². The van der Waals surface area contributed by atoms with Crippen LogP contribution in [0.3, 0.4) is 0 Å². The third-order valence-electron chi connectivity index (χ3n) is 5.21. The molecule has 0 bridgehead atoms. The summed E-state index contributed by atoms with van der Waals surface area (Å²) in [6.45, 7) is 8.75. The largest absolute Gasteiger partial charge is 0.484 e. The maximum atomic E-state index is 12.3. The molecule has 150 valence electrons. The number of piperazine rings is 1. The first-order valence-electron chi connectivity index (χ1n) is 10.1. The Morgan fingerprint density at radius 3 is 2.39 bits per heavy atom. The number of carbonyl (C=O) groups is 1. The van der Waals surface area contributed by atoms with Crippen molar-refractivity contribution in [2.45, 2.75) is 20.3 Å². The molecule has 2 aromatic rings. The van der Waals surface area contributed by atoms with Gasteiger partial charge in [0, 0.05) is 38.4 Å². The fourth-order valence-electron chi connectivity index (χ4n) is 3.29. The molecule has 3 rings (SSSR count). The van der Waals surface area contributed by atoms with Gasteiger partial charge in [-0.25, -0.2) is 0 Å². The molecule has 0 unspecified atom stereocenters. The van der Waals surface area contributed by atoms with Gasteiger partial charge in [0.1, 0.15) is 5.75 Å². The van der Waals surface area contributed by atoms with E-state index in [4.69, 9.17) is 4.74 Å². The molecular formula is C23H31N3O2. The zero-order chi connectivity index (χ0) is 19.9. The summed E-state index contributed by atoms with van der Waals surface area (Å²) >= 11 is 0. The van der Waals surface area contributed by atoms with Gasteiger partial charge in [0.2, 0.25) is 0 Å². The van der Waals surface area contributed by atoms with Crippen LogP contribution in [0.1, 0.15) is 18.9 Å². The van der Waals surface area contributed by atoms with Crippen molar-refractivity contribution in [3.63, 3.8) is 0 Å². The van der Waals surface area contributed by atoms with E-state index in [0.717, 1.165) is 50.5 Å². The molecule has 0 atom stereocenters. The first kappa shape index (κ1) is 20.2. The molecule has 1 saturated heterocycles. The maximum absolute atomic E-state index is 12.3. The standard InChI is InChI=1S/C23H31N3O2/c1-4-11-24-22-16-20(6-5-18(22)2)19-7-9-21(10-8-19)28-17-23(27)26-14-12-25(3)13-15-26/h5-10,16,24H,4,11-15,17H2,1-3H3. The van der Waals surface area contributed by atoms with E-state index < -0.39 is 0 Å². The molecular weight excluding hydrogens is 350 g/mol. The van der Waals surface area contributed by atoms with Gasteiger partial charge in [-0.15, -0.1) is 0 Å². The van der Waals surface area contributed by atoms with Crippen molar-refractivity contribution >= 4 is 11.6 Å². The van der Waals surface area contributed by atoms with Crippen LogP contribution in [0.4, 0.5) is 5.69 Å². The molecule has 5 heteroatoms. The molecule has 28 heavy (non-hydrogen) atoms. The maximum Gasteiger partial charge on any atom is 0.260 e. The van der Waals surface area contributed by atoms with Crippen LogP contribution in [0, 0.1) is 6.92 Å². The van der Waals surface area contributed by atoms with Crippen molar-refractivity contribution in [2.24, 2.45) is 0 Å². The number of benzene rings is 2. The molecule has 1 fully saturated rings.